The van der Waals surface area contributed by atoms with Gasteiger partial charge in [-0.3, -0.25) is 0 Å². The van der Waals surface area contributed by atoms with Crippen LogP contribution in [0.15, 0.2) is 24.3 Å². The van der Waals surface area contributed by atoms with Crippen LogP contribution < -0.4 is 5.32 Å². The fourth-order valence-electron chi connectivity index (χ4n) is 1.47. The first kappa shape index (κ1) is 7.74. The van der Waals surface area contributed by atoms with Gasteiger partial charge in [0.05, 0.1) is 0 Å². The molecule has 0 bridgehead atoms. The zero-order valence-electron chi connectivity index (χ0n) is 7.10. The lowest BCUT2D eigenvalue weighted by Gasteiger charge is -2.35. The Hall–Kier alpha value is -0.890. The molecule has 0 radical (unpaired) electrons. The van der Waals surface area contributed by atoms with E-state index in [4.69, 9.17) is 0 Å². The maximum absolute atomic E-state index is 13.8. The Morgan fingerprint density at radius 2 is 2.17 bits per heavy atom. The third-order valence-electron chi connectivity index (χ3n) is 2.35. The van der Waals surface area contributed by atoms with Gasteiger partial charge < -0.3 is 5.32 Å². The minimum absolute atomic E-state index is 0.455. The first-order chi connectivity index (χ1) is 5.71. The number of halogens is 1. The van der Waals surface area contributed by atoms with Gasteiger partial charge in [-0.1, -0.05) is 29.8 Å². The Morgan fingerprint density at radius 1 is 1.42 bits per heavy atom. The number of alkyl halides is 1. The summed E-state index contributed by atoms with van der Waals surface area (Å²) in [5.74, 6) is 0. The molecule has 1 aliphatic heterocycles. The second-order valence-electron chi connectivity index (χ2n) is 3.44. The Kier molecular flexibility index (Phi) is 1.65. The van der Waals surface area contributed by atoms with Gasteiger partial charge in [0.15, 0.2) is 5.67 Å². The van der Waals surface area contributed by atoms with Crippen molar-refractivity contribution in [2.24, 2.45) is 0 Å². The van der Waals surface area contributed by atoms with E-state index >= 15 is 0 Å². The Bertz CT molecular complexity index is 292. The summed E-state index contributed by atoms with van der Waals surface area (Å²) in [6.45, 7) is 2.89. The molecule has 0 saturated carbocycles. The standard InChI is InChI=1S/C10H12FN/c1-8-3-2-4-9(5-8)10(11)6-12-7-10/h2-5,12H,6-7H2,1H3. The molecule has 2 rings (SSSR count). The van der Waals surface area contributed by atoms with Crippen LogP contribution in [0.2, 0.25) is 0 Å². The van der Waals surface area contributed by atoms with E-state index in [1.807, 2.05) is 31.2 Å². The van der Waals surface area contributed by atoms with Crippen LogP contribution in [0.5, 0.6) is 0 Å². The molecule has 1 saturated heterocycles. The maximum atomic E-state index is 13.8. The number of hydrogen-bond donors (Lipinski definition) is 1. The molecule has 0 spiro atoms. The first-order valence-electron chi connectivity index (χ1n) is 4.17. The SMILES string of the molecule is Cc1cccc(C2(F)CNC2)c1. The van der Waals surface area contributed by atoms with Gasteiger partial charge in [0.25, 0.3) is 0 Å². The lowest BCUT2D eigenvalue weighted by atomic mass is 9.89. The molecular weight excluding hydrogens is 153 g/mol. The molecule has 2 heteroatoms. The van der Waals surface area contributed by atoms with Crippen molar-refractivity contribution in [1.82, 2.24) is 5.32 Å². The van der Waals surface area contributed by atoms with Gasteiger partial charge in [-0.05, 0) is 12.5 Å². The van der Waals surface area contributed by atoms with Crippen LogP contribution in [0.4, 0.5) is 4.39 Å². The van der Waals surface area contributed by atoms with Gasteiger partial charge >= 0.3 is 0 Å². The Morgan fingerprint density at radius 3 is 2.67 bits per heavy atom. The van der Waals surface area contributed by atoms with Crippen LogP contribution in [-0.2, 0) is 5.67 Å². The van der Waals surface area contributed by atoms with E-state index in [1.54, 1.807) is 0 Å². The number of benzene rings is 1. The summed E-state index contributed by atoms with van der Waals surface area (Å²) in [5, 5.41) is 2.94. The van der Waals surface area contributed by atoms with E-state index in [9.17, 15) is 4.39 Å². The molecular formula is C10H12FN. The van der Waals surface area contributed by atoms with Gasteiger partial charge in [-0.2, -0.15) is 0 Å². The topological polar surface area (TPSA) is 12.0 Å². The number of aryl methyl sites for hydroxylation is 1. The van der Waals surface area contributed by atoms with Crippen molar-refractivity contribution in [1.29, 1.82) is 0 Å². The molecule has 1 aliphatic rings. The number of hydrogen-bond acceptors (Lipinski definition) is 1. The van der Waals surface area contributed by atoms with Crippen LogP contribution in [-0.4, -0.2) is 13.1 Å². The fourth-order valence-corrected chi connectivity index (χ4v) is 1.47. The van der Waals surface area contributed by atoms with E-state index in [2.05, 4.69) is 5.32 Å². The highest BCUT2D eigenvalue weighted by molar-refractivity contribution is 5.30. The molecule has 1 heterocycles. The zero-order valence-corrected chi connectivity index (χ0v) is 7.10. The molecule has 1 N–H and O–H groups in total. The molecule has 0 unspecified atom stereocenters. The van der Waals surface area contributed by atoms with E-state index in [-0.39, 0.29) is 0 Å². The van der Waals surface area contributed by atoms with E-state index in [0.717, 1.165) is 11.1 Å². The van der Waals surface area contributed by atoms with Crippen molar-refractivity contribution >= 4 is 0 Å². The summed E-state index contributed by atoms with van der Waals surface area (Å²) in [4.78, 5) is 0. The Labute approximate surface area is 71.6 Å². The normalized spacial score (nSPS) is 20.2. The molecule has 64 valence electrons. The number of nitrogens with one attached hydrogen (secondary N) is 1. The second kappa shape index (κ2) is 2.56. The second-order valence-corrected chi connectivity index (χ2v) is 3.44. The van der Waals surface area contributed by atoms with Crippen molar-refractivity contribution in [3.8, 4) is 0 Å². The summed E-state index contributed by atoms with van der Waals surface area (Å²) in [6.07, 6.45) is 0. The van der Waals surface area contributed by atoms with Crippen molar-refractivity contribution in [2.75, 3.05) is 13.1 Å². The van der Waals surface area contributed by atoms with Crippen molar-refractivity contribution in [3.63, 3.8) is 0 Å². The summed E-state index contributed by atoms with van der Waals surface area (Å²) in [5.41, 5.74) is 0.823. The Balaban J connectivity index is 2.33. The lowest BCUT2D eigenvalue weighted by Crippen LogP contribution is -2.53. The monoisotopic (exact) mass is 165 g/mol. The predicted octanol–water partition coefficient (Wildman–Crippen LogP) is 1.76. The van der Waals surface area contributed by atoms with Gasteiger partial charge in [0.2, 0.25) is 0 Å². The molecule has 0 atom stereocenters. The smallest absolute Gasteiger partial charge is 0.160 e. The molecule has 1 aromatic rings. The number of rotatable bonds is 1. The maximum Gasteiger partial charge on any atom is 0.160 e. The quantitative estimate of drug-likeness (QED) is 0.668. The fraction of sp³-hybridized carbons (Fsp3) is 0.400. The minimum atomic E-state index is -1.11. The van der Waals surface area contributed by atoms with Crippen LogP contribution in [0.25, 0.3) is 0 Å². The van der Waals surface area contributed by atoms with Gasteiger partial charge in [-0.25, -0.2) is 4.39 Å². The van der Waals surface area contributed by atoms with E-state index in [1.165, 1.54) is 0 Å². The van der Waals surface area contributed by atoms with Crippen LogP contribution >= 0.6 is 0 Å². The molecule has 1 nitrogen and oxygen atoms in total. The lowest BCUT2D eigenvalue weighted by molar-refractivity contribution is 0.0891. The molecule has 1 fully saturated rings. The van der Waals surface area contributed by atoms with Crippen LogP contribution in [0, 0.1) is 6.92 Å². The molecule has 12 heavy (non-hydrogen) atoms. The summed E-state index contributed by atoms with van der Waals surface area (Å²) < 4.78 is 13.8. The average molecular weight is 165 g/mol. The van der Waals surface area contributed by atoms with Crippen LogP contribution in [0.3, 0.4) is 0 Å². The molecule has 0 aromatic heterocycles. The predicted molar refractivity (Wildman–Crippen MR) is 46.8 cm³/mol. The van der Waals surface area contributed by atoms with Crippen molar-refractivity contribution in [3.05, 3.63) is 35.4 Å². The van der Waals surface area contributed by atoms with Crippen LogP contribution in [0.1, 0.15) is 11.1 Å². The molecule has 1 aromatic carbocycles. The van der Waals surface area contributed by atoms with Crippen molar-refractivity contribution in [2.45, 2.75) is 12.6 Å². The average Bonchev–Trinajstić information content (AvgIpc) is 2.00. The molecule has 0 aliphatic carbocycles. The van der Waals surface area contributed by atoms with E-state index in [0.29, 0.717) is 13.1 Å². The summed E-state index contributed by atoms with van der Waals surface area (Å²) >= 11 is 0. The van der Waals surface area contributed by atoms with Gasteiger partial charge in [0.1, 0.15) is 0 Å². The van der Waals surface area contributed by atoms with Gasteiger partial charge in [-0.15, -0.1) is 0 Å². The van der Waals surface area contributed by atoms with E-state index < -0.39 is 5.67 Å². The largest absolute Gasteiger partial charge is 0.310 e. The van der Waals surface area contributed by atoms with Crippen molar-refractivity contribution < 1.29 is 4.39 Å². The third-order valence-corrected chi connectivity index (χ3v) is 2.35. The summed E-state index contributed by atoms with van der Waals surface area (Å²) in [7, 11) is 0. The van der Waals surface area contributed by atoms with Gasteiger partial charge in [0, 0.05) is 13.1 Å². The highest BCUT2D eigenvalue weighted by Gasteiger charge is 2.38. The summed E-state index contributed by atoms with van der Waals surface area (Å²) in [6, 6.07) is 7.66. The highest BCUT2D eigenvalue weighted by atomic mass is 19.1. The highest BCUT2D eigenvalue weighted by Crippen LogP contribution is 2.30. The first-order valence-corrected chi connectivity index (χ1v) is 4.17. The minimum Gasteiger partial charge on any atom is -0.310 e. The zero-order chi connectivity index (χ0) is 8.60. The third kappa shape index (κ3) is 1.12. The molecule has 0 amide bonds.